The lowest BCUT2D eigenvalue weighted by Gasteiger charge is -2.11. The SMILES string of the molecule is O=[N+]([O-])c1cc(C(F)(F)F)ccc1Oc1ccc(C=Nc2ccccc2)cc1Br. The predicted octanol–water partition coefficient (Wildman–Crippen LogP) is 6.92. The number of alkyl halides is 3. The van der Waals surface area contributed by atoms with Crippen molar-refractivity contribution in [3.8, 4) is 11.5 Å². The number of nitro groups is 1. The quantitative estimate of drug-likeness (QED) is 0.234. The van der Waals surface area contributed by atoms with E-state index in [0.717, 1.165) is 23.4 Å². The normalized spacial score (nSPS) is 11.6. The Labute approximate surface area is 171 Å². The van der Waals surface area contributed by atoms with Gasteiger partial charge in [-0.1, -0.05) is 18.2 Å². The molecule has 0 unspecified atom stereocenters. The Morgan fingerprint density at radius 2 is 1.69 bits per heavy atom. The van der Waals surface area contributed by atoms with E-state index in [0.29, 0.717) is 10.5 Å². The van der Waals surface area contributed by atoms with Crippen molar-refractivity contribution >= 4 is 33.5 Å². The highest BCUT2D eigenvalue weighted by Crippen LogP contribution is 2.39. The Kier molecular flexibility index (Phi) is 5.97. The number of benzene rings is 3. The fourth-order valence-electron chi connectivity index (χ4n) is 2.38. The van der Waals surface area contributed by atoms with Gasteiger partial charge in [-0.05, 0) is 64.0 Å². The van der Waals surface area contributed by atoms with Gasteiger partial charge in [-0.3, -0.25) is 15.1 Å². The fourth-order valence-corrected chi connectivity index (χ4v) is 2.86. The minimum atomic E-state index is -4.69. The molecule has 0 atom stereocenters. The van der Waals surface area contributed by atoms with Gasteiger partial charge in [0, 0.05) is 12.3 Å². The second-order valence-corrected chi connectivity index (χ2v) is 6.68. The van der Waals surface area contributed by atoms with Crippen LogP contribution in [0.2, 0.25) is 0 Å². The number of ether oxygens (including phenoxy) is 1. The van der Waals surface area contributed by atoms with Crippen LogP contribution in [-0.4, -0.2) is 11.1 Å². The molecular weight excluding hydrogens is 453 g/mol. The molecule has 0 aromatic heterocycles. The number of nitro benzene ring substituents is 1. The minimum Gasteiger partial charge on any atom is -0.449 e. The van der Waals surface area contributed by atoms with Gasteiger partial charge < -0.3 is 4.74 Å². The number of nitrogens with zero attached hydrogens (tertiary/aromatic N) is 2. The van der Waals surface area contributed by atoms with Gasteiger partial charge in [0.1, 0.15) is 5.75 Å². The lowest BCUT2D eigenvalue weighted by atomic mass is 10.2. The highest BCUT2D eigenvalue weighted by molar-refractivity contribution is 9.10. The van der Waals surface area contributed by atoms with Crippen molar-refractivity contribution in [2.45, 2.75) is 6.18 Å². The molecule has 29 heavy (non-hydrogen) atoms. The molecule has 3 aromatic carbocycles. The first-order chi connectivity index (χ1) is 13.7. The van der Waals surface area contributed by atoms with Crippen molar-refractivity contribution in [2.24, 2.45) is 4.99 Å². The summed E-state index contributed by atoms with van der Waals surface area (Å²) in [5, 5.41) is 11.2. The summed E-state index contributed by atoms with van der Waals surface area (Å²) in [6.07, 6.45) is -3.06. The van der Waals surface area contributed by atoms with Crippen LogP contribution in [0.4, 0.5) is 24.5 Å². The average molecular weight is 465 g/mol. The molecule has 0 aliphatic heterocycles. The Balaban J connectivity index is 1.85. The summed E-state index contributed by atoms with van der Waals surface area (Å²) in [5.41, 5.74) is -0.399. The second kappa shape index (κ2) is 8.44. The summed E-state index contributed by atoms with van der Waals surface area (Å²) in [4.78, 5) is 14.6. The van der Waals surface area contributed by atoms with E-state index in [-0.39, 0.29) is 11.5 Å². The van der Waals surface area contributed by atoms with E-state index in [9.17, 15) is 23.3 Å². The standard InChI is InChI=1S/C20H12BrF3N2O3/c21-16-10-13(12-25-15-4-2-1-3-5-15)6-8-18(16)29-19-9-7-14(20(22,23)24)11-17(19)26(27)28/h1-12H. The van der Waals surface area contributed by atoms with Crippen molar-refractivity contribution in [3.05, 3.63) is 92.4 Å². The monoisotopic (exact) mass is 464 g/mol. The smallest absolute Gasteiger partial charge is 0.416 e. The zero-order chi connectivity index (χ0) is 21.0. The van der Waals surface area contributed by atoms with Crippen LogP contribution in [0.1, 0.15) is 11.1 Å². The molecule has 0 amide bonds. The molecule has 0 saturated carbocycles. The van der Waals surface area contributed by atoms with E-state index in [1.54, 1.807) is 18.3 Å². The number of para-hydroxylation sites is 1. The molecule has 0 spiro atoms. The number of halogens is 4. The first-order valence-electron chi connectivity index (χ1n) is 8.16. The zero-order valence-corrected chi connectivity index (χ0v) is 16.1. The van der Waals surface area contributed by atoms with Crippen LogP contribution in [-0.2, 0) is 6.18 Å². The molecule has 9 heteroatoms. The Morgan fingerprint density at radius 1 is 1.00 bits per heavy atom. The molecular formula is C20H12BrF3N2O3. The molecule has 3 rings (SSSR count). The molecule has 0 fully saturated rings. The van der Waals surface area contributed by atoms with Gasteiger partial charge in [0.25, 0.3) is 0 Å². The number of rotatable bonds is 5. The molecule has 0 N–H and O–H groups in total. The molecule has 0 radical (unpaired) electrons. The summed E-state index contributed by atoms with van der Waals surface area (Å²) < 4.78 is 44.4. The summed E-state index contributed by atoms with van der Waals surface area (Å²) in [6, 6.07) is 16.3. The van der Waals surface area contributed by atoms with E-state index in [2.05, 4.69) is 20.9 Å². The number of hydrogen-bond donors (Lipinski definition) is 0. The van der Waals surface area contributed by atoms with Crippen LogP contribution in [0, 0.1) is 10.1 Å². The van der Waals surface area contributed by atoms with Gasteiger partial charge >= 0.3 is 11.9 Å². The maximum Gasteiger partial charge on any atom is 0.416 e. The van der Waals surface area contributed by atoms with E-state index >= 15 is 0 Å². The van der Waals surface area contributed by atoms with Crippen LogP contribution in [0.15, 0.2) is 76.2 Å². The average Bonchev–Trinajstić information content (AvgIpc) is 2.68. The van der Waals surface area contributed by atoms with Gasteiger partial charge in [-0.2, -0.15) is 13.2 Å². The Hall–Kier alpha value is -3.20. The third kappa shape index (κ3) is 5.20. The number of aliphatic imine (C=N–C) groups is 1. The van der Waals surface area contributed by atoms with Gasteiger partial charge in [0.15, 0.2) is 0 Å². The lowest BCUT2D eigenvalue weighted by Crippen LogP contribution is -2.06. The summed E-state index contributed by atoms with van der Waals surface area (Å²) in [6.45, 7) is 0. The van der Waals surface area contributed by atoms with Crippen molar-refractivity contribution in [1.82, 2.24) is 0 Å². The summed E-state index contributed by atoms with van der Waals surface area (Å²) in [7, 11) is 0. The molecule has 148 valence electrons. The van der Waals surface area contributed by atoms with Crippen molar-refractivity contribution < 1.29 is 22.8 Å². The first-order valence-corrected chi connectivity index (χ1v) is 8.95. The third-order valence-corrected chi connectivity index (χ3v) is 4.40. The molecule has 0 aliphatic rings. The zero-order valence-electron chi connectivity index (χ0n) is 14.6. The minimum absolute atomic E-state index is 0.213. The van der Waals surface area contributed by atoms with Gasteiger partial charge in [-0.15, -0.1) is 0 Å². The molecule has 0 saturated heterocycles. The number of hydrogen-bond acceptors (Lipinski definition) is 4. The maximum absolute atomic E-state index is 12.8. The Morgan fingerprint density at radius 3 is 2.31 bits per heavy atom. The van der Waals surface area contributed by atoms with Crippen LogP contribution in [0.3, 0.4) is 0 Å². The predicted molar refractivity (Wildman–Crippen MR) is 106 cm³/mol. The third-order valence-electron chi connectivity index (χ3n) is 3.78. The lowest BCUT2D eigenvalue weighted by molar-refractivity contribution is -0.385. The van der Waals surface area contributed by atoms with Crippen molar-refractivity contribution in [2.75, 3.05) is 0 Å². The topological polar surface area (TPSA) is 64.7 Å². The van der Waals surface area contributed by atoms with Gasteiger partial charge in [-0.25, -0.2) is 0 Å². The van der Waals surface area contributed by atoms with Crippen LogP contribution in [0.25, 0.3) is 0 Å². The molecule has 0 heterocycles. The summed E-state index contributed by atoms with van der Waals surface area (Å²) in [5.74, 6) is -0.0841. The Bertz CT molecular complexity index is 1070. The van der Waals surface area contributed by atoms with E-state index in [1.807, 2.05) is 30.3 Å². The first kappa shape index (κ1) is 20.5. The van der Waals surface area contributed by atoms with Gasteiger partial charge in [0.05, 0.1) is 20.6 Å². The second-order valence-electron chi connectivity index (χ2n) is 5.82. The fraction of sp³-hybridized carbons (Fsp3) is 0.0500. The highest BCUT2D eigenvalue weighted by Gasteiger charge is 2.33. The maximum atomic E-state index is 12.8. The van der Waals surface area contributed by atoms with Crippen LogP contribution >= 0.6 is 15.9 Å². The van der Waals surface area contributed by atoms with E-state index in [4.69, 9.17) is 4.74 Å². The van der Waals surface area contributed by atoms with E-state index < -0.39 is 22.4 Å². The highest BCUT2D eigenvalue weighted by atomic mass is 79.9. The van der Waals surface area contributed by atoms with Crippen LogP contribution < -0.4 is 4.74 Å². The van der Waals surface area contributed by atoms with Crippen molar-refractivity contribution in [1.29, 1.82) is 0 Å². The largest absolute Gasteiger partial charge is 0.449 e. The van der Waals surface area contributed by atoms with Crippen LogP contribution in [0.5, 0.6) is 11.5 Å². The molecule has 0 bridgehead atoms. The van der Waals surface area contributed by atoms with E-state index in [1.165, 1.54) is 6.07 Å². The molecule has 5 nitrogen and oxygen atoms in total. The van der Waals surface area contributed by atoms with Crippen molar-refractivity contribution in [3.63, 3.8) is 0 Å². The molecule has 0 aliphatic carbocycles. The molecule has 3 aromatic rings. The summed E-state index contributed by atoms with van der Waals surface area (Å²) >= 11 is 3.30. The van der Waals surface area contributed by atoms with Gasteiger partial charge in [0.2, 0.25) is 5.75 Å².